The first kappa shape index (κ1) is 31.4. The van der Waals surface area contributed by atoms with Crippen LogP contribution >= 0.6 is 0 Å². The number of hydrogen-bond donors (Lipinski definition) is 0. The lowest BCUT2D eigenvalue weighted by Crippen LogP contribution is -1.98. The van der Waals surface area contributed by atoms with Gasteiger partial charge >= 0.3 is 0 Å². The highest BCUT2D eigenvalue weighted by molar-refractivity contribution is 6.24. The zero-order chi connectivity index (χ0) is 37.9. The van der Waals surface area contributed by atoms with Crippen LogP contribution in [0.2, 0.25) is 0 Å². The fourth-order valence-electron chi connectivity index (χ4n) is 9.71. The van der Waals surface area contributed by atoms with E-state index in [1.807, 2.05) is 0 Å². The van der Waals surface area contributed by atoms with Crippen molar-refractivity contribution in [1.29, 1.82) is 0 Å². The largest absolute Gasteiger partial charge is 0.456 e. The third-order valence-corrected chi connectivity index (χ3v) is 12.2. The monoisotopic (exact) mass is 739 g/mol. The van der Waals surface area contributed by atoms with Gasteiger partial charge in [-0.05, 0) is 90.0 Å². The van der Waals surface area contributed by atoms with Crippen molar-refractivity contribution >= 4 is 87.4 Å². The Labute approximate surface area is 332 Å². The molecule has 0 aliphatic carbocycles. The highest BCUT2D eigenvalue weighted by atomic mass is 16.3. The molecule has 4 aromatic heterocycles. The van der Waals surface area contributed by atoms with E-state index in [1.54, 1.807) is 0 Å². The van der Waals surface area contributed by atoms with Crippen LogP contribution in [0.5, 0.6) is 0 Å². The Hall–Kier alpha value is -7.82. The minimum absolute atomic E-state index is 0.870. The highest BCUT2D eigenvalue weighted by Crippen LogP contribution is 2.43. The van der Waals surface area contributed by atoms with E-state index in [2.05, 4.69) is 214 Å². The van der Waals surface area contributed by atoms with Gasteiger partial charge in [0.25, 0.3) is 0 Å². The molecule has 4 heteroatoms. The SMILES string of the molecule is c1ccc(-c2ccc3c(c2)c2ccccc2n3-c2ccc3oc4ccc(-n5c6ccccc6c6ccc7c8ccccc8n(-c8ccccc8)c7c65)cc4c3c2)cc1. The number of para-hydroxylation sites is 4. The van der Waals surface area contributed by atoms with Crippen LogP contribution < -0.4 is 0 Å². The fourth-order valence-corrected chi connectivity index (χ4v) is 9.71. The molecule has 13 aromatic rings. The number of rotatable bonds is 4. The van der Waals surface area contributed by atoms with E-state index >= 15 is 0 Å². The van der Waals surface area contributed by atoms with Crippen molar-refractivity contribution in [2.75, 3.05) is 0 Å². The van der Waals surface area contributed by atoms with Gasteiger partial charge in [-0.15, -0.1) is 0 Å². The minimum Gasteiger partial charge on any atom is -0.456 e. The van der Waals surface area contributed by atoms with E-state index in [9.17, 15) is 0 Å². The molecule has 0 aliphatic rings. The Morgan fingerprint density at radius 1 is 0.259 bits per heavy atom. The second-order valence-electron chi connectivity index (χ2n) is 15.3. The van der Waals surface area contributed by atoms with Gasteiger partial charge in [-0.1, -0.05) is 121 Å². The van der Waals surface area contributed by atoms with E-state index in [1.165, 1.54) is 76.5 Å². The van der Waals surface area contributed by atoms with Crippen LogP contribution in [0, 0.1) is 0 Å². The van der Waals surface area contributed by atoms with E-state index in [-0.39, 0.29) is 0 Å². The smallest absolute Gasteiger partial charge is 0.135 e. The average molecular weight is 740 g/mol. The normalized spacial score (nSPS) is 12.1. The summed E-state index contributed by atoms with van der Waals surface area (Å²) in [5.41, 5.74) is 14.6. The minimum atomic E-state index is 0.870. The molecular formula is C54H33N3O. The van der Waals surface area contributed by atoms with Crippen molar-refractivity contribution in [3.05, 3.63) is 200 Å². The Morgan fingerprint density at radius 3 is 1.33 bits per heavy atom. The molecule has 0 saturated heterocycles. The quantitative estimate of drug-likeness (QED) is 0.177. The van der Waals surface area contributed by atoms with Crippen molar-refractivity contribution in [3.63, 3.8) is 0 Å². The summed E-state index contributed by atoms with van der Waals surface area (Å²) < 4.78 is 13.9. The molecule has 0 bridgehead atoms. The van der Waals surface area contributed by atoms with Gasteiger partial charge in [0.15, 0.2) is 0 Å². The van der Waals surface area contributed by atoms with Gasteiger partial charge in [-0.3, -0.25) is 0 Å². The summed E-state index contributed by atoms with van der Waals surface area (Å²) in [5.74, 6) is 0. The van der Waals surface area contributed by atoms with Gasteiger partial charge in [0.2, 0.25) is 0 Å². The van der Waals surface area contributed by atoms with Crippen LogP contribution in [0.15, 0.2) is 205 Å². The lowest BCUT2D eigenvalue weighted by molar-refractivity contribution is 0.669. The first-order chi connectivity index (χ1) is 28.8. The van der Waals surface area contributed by atoms with E-state index in [0.29, 0.717) is 0 Å². The van der Waals surface area contributed by atoms with Crippen LogP contribution in [0.1, 0.15) is 0 Å². The predicted molar refractivity (Wildman–Crippen MR) is 242 cm³/mol. The summed E-state index contributed by atoms with van der Waals surface area (Å²) in [7, 11) is 0. The predicted octanol–water partition coefficient (Wildman–Crippen LogP) is 14.5. The third kappa shape index (κ3) is 4.34. The van der Waals surface area contributed by atoms with Gasteiger partial charge in [-0.2, -0.15) is 0 Å². The van der Waals surface area contributed by atoms with Crippen molar-refractivity contribution < 1.29 is 4.42 Å². The maximum Gasteiger partial charge on any atom is 0.135 e. The van der Waals surface area contributed by atoms with Crippen molar-refractivity contribution in [2.45, 2.75) is 0 Å². The summed E-state index contributed by atoms with van der Waals surface area (Å²) >= 11 is 0. The number of furan rings is 1. The topological polar surface area (TPSA) is 27.9 Å². The zero-order valence-corrected chi connectivity index (χ0v) is 31.3. The van der Waals surface area contributed by atoms with Gasteiger partial charge in [-0.25, -0.2) is 0 Å². The summed E-state index contributed by atoms with van der Waals surface area (Å²) in [4.78, 5) is 0. The fraction of sp³-hybridized carbons (Fsp3) is 0. The molecule has 0 spiro atoms. The van der Waals surface area contributed by atoms with E-state index < -0.39 is 0 Å². The van der Waals surface area contributed by atoms with Crippen LogP contribution in [0.25, 0.3) is 116 Å². The van der Waals surface area contributed by atoms with Crippen molar-refractivity contribution in [1.82, 2.24) is 13.7 Å². The van der Waals surface area contributed by atoms with Gasteiger partial charge in [0.05, 0.1) is 33.1 Å². The molecule has 13 rings (SSSR count). The van der Waals surface area contributed by atoms with E-state index in [4.69, 9.17) is 4.42 Å². The second-order valence-corrected chi connectivity index (χ2v) is 15.3. The lowest BCUT2D eigenvalue weighted by atomic mass is 10.0. The number of hydrogen-bond acceptors (Lipinski definition) is 1. The van der Waals surface area contributed by atoms with Crippen LogP contribution in [-0.4, -0.2) is 13.7 Å². The Bertz CT molecular complexity index is 3790. The maximum absolute atomic E-state index is 6.58. The molecule has 58 heavy (non-hydrogen) atoms. The summed E-state index contributed by atoms with van der Waals surface area (Å²) in [6.07, 6.45) is 0. The molecule has 0 radical (unpaired) electrons. The molecule has 0 aliphatic heterocycles. The maximum atomic E-state index is 6.58. The molecule has 0 atom stereocenters. The molecule has 0 amide bonds. The molecule has 4 heterocycles. The van der Waals surface area contributed by atoms with Crippen molar-refractivity contribution in [3.8, 4) is 28.2 Å². The summed E-state index contributed by atoms with van der Waals surface area (Å²) in [5, 5.41) is 9.58. The standard InChI is InChI=1S/C54H33N3O/c1-3-13-34(14-4-1)35-23-28-50-44(31-35)41-19-9-10-20-47(41)55(50)37-24-29-51-45(32-37)46-33-38(25-30-52(46)58-51)57-49-22-12-8-18-40(49)43-27-26-42-39-17-7-11-21-48(39)56(53(42)54(43)57)36-15-5-2-6-16-36/h1-33H. The van der Waals surface area contributed by atoms with Crippen LogP contribution in [0.4, 0.5) is 0 Å². The number of benzene rings is 9. The Balaban J connectivity index is 1.07. The average Bonchev–Trinajstić information content (AvgIpc) is 4.03. The first-order valence-electron chi connectivity index (χ1n) is 19.8. The molecule has 9 aromatic carbocycles. The number of aromatic nitrogens is 3. The zero-order valence-electron chi connectivity index (χ0n) is 31.3. The summed E-state index contributed by atoms with van der Waals surface area (Å²) in [6.45, 7) is 0. The van der Waals surface area contributed by atoms with E-state index in [0.717, 1.165) is 39.0 Å². The molecular weight excluding hydrogens is 707 g/mol. The third-order valence-electron chi connectivity index (χ3n) is 12.2. The number of nitrogens with zero attached hydrogens (tertiary/aromatic N) is 3. The van der Waals surface area contributed by atoms with Gasteiger partial charge < -0.3 is 18.1 Å². The Kier molecular flexibility index (Phi) is 6.41. The van der Waals surface area contributed by atoms with Crippen LogP contribution in [0.3, 0.4) is 0 Å². The molecule has 4 nitrogen and oxygen atoms in total. The Morgan fingerprint density at radius 2 is 0.724 bits per heavy atom. The second kappa shape index (κ2) is 11.8. The molecule has 0 fully saturated rings. The molecule has 0 saturated carbocycles. The van der Waals surface area contributed by atoms with Crippen LogP contribution in [-0.2, 0) is 0 Å². The summed E-state index contributed by atoms with van der Waals surface area (Å²) in [6, 6.07) is 72.4. The molecule has 0 N–H and O–H groups in total. The molecule has 0 unspecified atom stereocenters. The van der Waals surface area contributed by atoms with Gasteiger partial charge in [0, 0.05) is 60.2 Å². The lowest BCUT2D eigenvalue weighted by Gasteiger charge is -2.12. The first-order valence-corrected chi connectivity index (χ1v) is 19.8. The van der Waals surface area contributed by atoms with Gasteiger partial charge in [0.1, 0.15) is 11.2 Å². The number of fused-ring (bicyclic) bond motifs is 13. The van der Waals surface area contributed by atoms with Crippen molar-refractivity contribution in [2.24, 2.45) is 0 Å². The highest BCUT2D eigenvalue weighted by Gasteiger charge is 2.22. The molecule has 270 valence electrons.